The third kappa shape index (κ3) is 5.42. The van der Waals surface area contributed by atoms with Gasteiger partial charge in [0.15, 0.2) is 0 Å². The van der Waals surface area contributed by atoms with Crippen LogP contribution in [0.1, 0.15) is 19.4 Å². The zero-order chi connectivity index (χ0) is 14.1. The lowest BCUT2D eigenvalue weighted by Gasteiger charge is -2.17. The Morgan fingerprint density at radius 3 is 2.74 bits per heavy atom. The van der Waals surface area contributed by atoms with Gasteiger partial charge in [-0.1, -0.05) is 35.4 Å². The number of hydrogen-bond acceptors (Lipinski definition) is 3. The number of hydrogen-bond donors (Lipinski definition) is 1. The van der Waals surface area contributed by atoms with Gasteiger partial charge < -0.3 is 10.1 Å². The highest BCUT2D eigenvalue weighted by Gasteiger charge is 2.25. The van der Waals surface area contributed by atoms with Crippen molar-refractivity contribution in [2.45, 2.75) is 26.0 Å². The van der Waals surface area contributed by atoms with Gasteiger partial charge in [-0.2, -0.15) is 0 Å². The highest BCUT2D eigenvalue weighted by Crippen LogP contribution is 2.08. The van der Waals surface area contributed by atoms with Gasteiger partial charge >= 0.3 is 0 Å². The minimum absolute atomic E-state index is 0.311. The molecule has 0 unspecified atom stereocenters. The summed E-state index contributed by atoms with van der Waals surface area (Å²) in [5, 5.41) is 6.10. The fourth-order valence-corrected chi connectivity index (χ4v) is 1.37. The summed E-state index contributed by atoms with van der Waals surface area (Å²) in [6.07, 6.45) is 0. The smallest absolute Gasteiger partial charge is 0.231 e. The number of azide groups is 1. The first-order valence-electron chi connectivity index (χ1n) is 6.02. The standard InChI is InChI=1S/C13H18N4O2/c1-13(2,16-17-14)12(18)15-8-9-19-10-11-6-4-3-5-7-11/h3-7H,8-10H2,1-2H3,(H,15,18). The van der Waals surface area contributed by atoms with E-state index in [-0.39, 0.29) is 5.91 Å². The summed E-state index contributed by atoms with van der Waals surface area (Å²) in [6, 6.07) is 9.79. The third-order valence-electron chi connectivity index (χ3n) is 2.49. The first-order chi connectivity index (χ1) is 9.06. The second-order valence-electron chi connectivity index (χ2n) is 4.54. The molecule has 0 aromatic heterocycles. The molecule has 6 nitrogen and oxygen atoms in total. The quantitative estimate of drug-likeness (QED) is 0.354. The summed E-state index contributed by atoms with van der Waals surface area (Å²) < 4.78 is 5.42. The average Bonchev–Trinajstić information content (AvgIpc) is 2.39. The molecule has 0 atom stereocenters. The van der Waals surface area contributed by atoms with Crippen LogP contribution < -0.4 is 5.32 Å². The van der Waals surface area contributed by atoms with E-state index in [2.05, 4.69) is 15.3 Å². The molecule has 0 radical (unpaired) electrons. The molecule has 0 aliphatic rings. The van der Waals surface area contributed by atoms with Crippen LogP contribution in [0.25, 0.3) is 10.4 Å². The molecule has 0 bridgehead atoms. The van der Waals surface area contributed by atoms with E-state index in [1.165, 1.54) is 0 Å². The van der Waals surface area contributed by atoms with Gasteiger partial charge in [-0.05, 0) is 24.9 Å². The van der Waals surface area contributed by atoms with Crippen LogP contribution in [0.15, 0.2) is 35.4 Å². The van der Waals surface area contributed by atoms with Crippen LogP contribution in [0, 0.1) is 0 Å². The number of amides is 1. The highest BCUT2D eigenvalue weighted by atomic mass is 16.5. The van der Waals surface area contributed by atoms with Crippen LogP contribution in [0.4, 0.5) is 0 Å². The molecule has 6 heteroatoms. The van der Waals surface area contributed by atoms with Crippen molar-refractivity contribution in [1.82, 2.24) is 5.32 Å². The van der Waals surface area contributed by atoms with Gasteiger partial charge in [-0.15, -0.1) is 0 Å². The number of rotatable bonds is 7. The molecule has 102 valence electrons. The maximum Gasteiger partial charge on any atom is 0.231 e. The van der Waals surface area contributed by atoms with Crippen LogP contribution in [-0.4, -0.2) is 24.6 Å². The van der Waals surface area contributed by atoms with Gasteiger partial charge in [0.25, 0.3) is 0 Å². The van der Waals surface area contributed by atoms with Gasteiger partial charge in [0.2, 0.25) is 5.91 Å². The van der Waals surface area contributed by atoms with Gasteiger partial charge in [-0.25, -0.2) is 0 Å². The second-order valence-corrected chi connectivity index (χ2v) is 4.54. The summed E-state index contributed by atoms with van der Waals surface area (Å²) in [5.41, 5.74) is 8.35. The zero-order valence-corrected chi connectivity index (χ0v) is 11.2. The van der Waals surface area contributed by atoms with E-state index < -0.39 is 5.54 Å². The molecule has 0 fully saturated rings. The highest BCUT2D eigenvalue weighted by molar-refractivity contribution is 5.85. The third-order valence-corrected chi connectivity index (χ3v) is 2.49. The molecule has 0 saturated carbocycles. The lowest BCUT2D eigenvalue weighted by Crippen LogP contribution is -2.41. The van der Waals surface area contributed by atoms with Crippen LogP contribution in [0.2, 0.25) is 0 Å². The molecule has 0 aliphatic heterocycles. The van der Waals surface area contributed by atoms with Crippen molar-refractivity contribution in [3.63, 3.8) is 0 Å². The van der Waals surface area contributed by atoms with E-state index in [1.54, 1.807) is 13.8 Å². The van der Waals surface area contributed by atoms with E-state index in [1.807, 2.05) is 30.3 Å². The molecule has 1 aromatic carbocycles. The Bertz CT molecular complexity index is 453. The molecule has 1 N–H and O–H groups in total. The van der Waals surface area contributed by atoms with E-state index >= 15 is 0 Å². The number of benzene rings is 1. The summed E-state index contributed by atoms with van der Waals surface area (Å²) in [5.74, 6) is -0.311. The topological polar surface area (TPSA) is 87.1 Å². The maximum absolute atomic E-state index is 11.7. The van der Waals surface area contributed by atoms with Gasteiger partial charge in [0.1, 0.15) is 5.54 Å². The molecule has 1 aromatic rings. The molecule has 0 heterocycles. The minimum Gasteiger partial charge on any atom is -0.375 e. The molecule has 19 heavy (non-hydrogen) atoms. The van der Waals surface area contributed by atoms with Crippen LogP contribution >= 0.6 is 0 Å². The van der Waals surface area contributed by atoms with Gasteiger partial charge in [-0.3, -0.25) is 4.79 Å². The van der Waals surface area contributed by atoms with Crippen molar-refractivity contribution in [1.29, 1.82) is 0 Å². The van der Waals surface area contributed by atoms with Crippen molar-refractivity contribution in [3.05, 3.63) is 46.3 Å². The van der Waals surface area contributed by atoms with E-state index in [0.717, 1.165) is 5.56 Å². The van der Waals surface area contributed by atoms with Crippen molar-refractivity contribution in [2.24, 2.45) is 5.11 Å². The fourth-order valence-electron chi connectivity index (χ4n) is 1.37. The van der Waals surface area contributed by atoms with Gasteiger partial charge in [0, 0.05) is 11.5 Å². The molecule has 1 rings (SSSR count). The first kappa shape index (κ1) is 15.0. The Balaban J connectivity index is 2.21. The van der Waals surface area contributed by atoms with Crippen LogP contribution in [0.5, 0.6) is 0 Å². The molecular weight excluding hydrogens is 244 g/mol. The Kier molecular flexibility index (Phi) is 5.85. The Hall–Kier alpha value is -2.04. The number of carbonyl (C=O) groups excluding carboxylic acids is 1. The summed E-state index contributed by atoms with van der Waals surface area (Å²) in [7, 11) is 0. The van der Waals surface area contributed by atoms with Crippen molar-refractivity contribution in [3.8, 4) is 0 Å². The first-order valence-corrected chi connectivity index (χ1v) is 6.02. The number of nitrogens with zero attached hydrogens (tertiary/aromatic N) is 3. The molecule has 0 aliphatic carbocycles. The second kappa shape index (κ2) is 7.41. The van der Waals surface area contributed by atoms with Gasteiger partial charge in [0.05, 0.1) is 13.2 Å². The monoisotopic (exact) mass is 262 g/mol. The van der Waals surface area contributed by atoms with E-state index in [4.69, 9.17) is 10.3 Å². The van der Waals surface area contributed by atoms with Crippen LogP contribution in [0.3, 0.4) is 0 Å². The minimum atomic E-state index is -1.08. The summed E-state index contributed by atoms with van der Waals surface area (Å²) >= 11 is 0. The Morgan fingerprint density at radius 2 is 2.11 bits per heavy atom. The van der Waals surface area contributed by atoms with E-state index in [9.17, 15) is 4.79 Å². The van der Waals surface area contributed by atoms with E-state index in [0.29, 0.717) is 19.8 Å². The largest absolute Gasteiger partial charge is 0.375 e. The van der Waals surface area contributed by atoms with Crippen molar-refractivity contribution < 1.29 is 9.53 Å². The lowest BCUT2D eigenvalue weighted by molar-refractivity contribution is -0.125. The van der Waals surface area contributed by atoms with Crippen LogP contribution in [-0.2, 0) is 16.1 Å². The molecule has 1 amide bonds. The predicted molar refractivity (Wildman–Crippen MR) is 72.3 cm³/mol. The maximum atomic E-state index is 11.7. The Labute approximate surface area is 112 Å². The van der Waals surface area contributed by atoms with Crippen molar-refractivity contribution in [2.75, 3.05) is 13.2 Å². The summed E-state index contributed by atoms with van der Waals surface area (Å²) in [4.78, 5) is 14.3. The predicted octanol–water partition coefficient (Wildman–Crippen LogP) is 2.41. The SMILES string of the molecule is CC(C)(N=[N+]=[N-])C(=O)NCCOCc1ccccc1. The molecular formula is C13H18N4O2. The normalized spacial score (nSPS) is 10.6. The average molecular weight is 262 g/mol. The fraction of sp³-hybridized carbons (Fsp3) is 0.462. The lowest BCUT2D eigenvalue weighted by atomic mass is 10.1. The summed E-state index contributed by atoms with van der Waals surface area (Å²) in [6.45, 7) is 4.43. The number of ether oxygens (including phenoxy) is 1. The molecule has 0 saturated heterocycles. The van der Waals surface area contributed by atoms with Crippen molar-refractivity contribution >= 4 is 5.91 Å². The zero-order valence-electron chi connectivity index (χ0n) is 11.2. The number of nitrogens with one attached hydrogen (secondary N) is 1. The number of carbonyl (C=O) groups is 1. The molecule has 0 spiro atoms. The Morgan fingerprint density at radius 1 is 1.42 bits per heavy atom.